The highest BCUT2D eigenvalue weighted by Gasteiger charge is 2.16. The van der Waals surface area contributed by atoms with Crippen LogP contribution in [0.15, 0.2) is 30.5 Å². The third-order valence-corrected chi connectivity index (χ3v) is 3.82. The lowest BCUT2D eigenvalue weighted by atomic mass is 10.1. The van der Waals surface area contributed by atoms with Crippen molar-refractivity contribution in [3.05, 3.63) is 47.3 Å². The molecule has 0 unspecified atom stereocenters. The highest BCUT2D eigenvalue weighted by atomic mass is 16.1. The monoisotopic (exact) mass is 328 g/mol. The maximum atomic E-state index is 12.7. The van der Waals surface area contributed by atoms with Gasteiger partial charge in [0.25, 0.3) is 5.91 Å². The van der Waals surface area contributed by atoms with Crippen LogP contribution in [0.25, 0.3) is 0 Å². The Morgan fingerprint density at radius 1 is 1.29 bits per heavy atom. The normalized spacial score (nSPS) is 11.3. The van der Waals surface area contributed by atoms with Crippen LogP contribution in [-0.4, -0.2) is 34.7 Å². The molecule has 1 aromatic carbocycles. The number of hydrogen-bond donors (Lipinski definition) is 1. The molecule has 0 bridgehead atoms. The van der Waals surface area contributed by atoms with Crippen molar-refractivity contribution in [1.82, 2.24) is 14.7 Å². The average Bonchev–Trinajstić information content (AvgIpc) is 2.87. The number of carbonyl (C=O) groups is 1. The van der Waals surface area contributed by atoms with Crippen LogP contribution in [0.2, 0.25) is 0 Å². The number of anilines is 1. The summed E-state index contributed by atoms with van der Waals surface area (Å²) < 4.78 is 1.99. The van der Waals surface area contributed by atoms with E-state index in [9.17, 15) is 4.79 Å². The van der Waals surface area contributed by atoms with Crippen molar-refractivity contribution in [2.45, 2.75) is 40.3 Å². The van der Waals surface area contributed by atoms with E-state index in [2.05, 4.69) is 36.1 Å². The minimum Gasteiger partial charge on any atom is -0.319 e. The highest BCUT2D eigenvalue weighted by Crippen LogP contribution is 2.19. The van der Waals surface area contributed by atoms with E-state index in [-0.39, 0.29) is 5.91 Å². The largest absolute Gasteiger partial charge is 0.319 e. The van der Waals surface area contributed by atoms with Gasteiger partial charge < -0.3 is 10.2 Å². The Kier molecular flexibility index (Phi) is 6.15. The Labute approximate surface area is 144 Å². The number of hydrogen-bond acceptors (Lipinski definition) is 3. The first kappa shape index (κ1) is 18.2. The number of rotatable bonds is 7. The summed E-state index contributed by atoms with van der Waals surface area (Å²) in [6.07, 6.45) is 2.59. The van der Waals surface area contributed by atoms with Crippen molar-refractivity contribution >= 4 is 11.6 Å². The fourth-order valence-corrected chi connectivity index (χ4v) is 2.80. The Morgan fingerprint density at radius 2 is 2.00 bits per heavy atom. The molecule has 2 rings (SSSR count). The molecule has 1 amide bonds. The van der Waals surface area contributed by atoms with Gasteiger partial charge in [-0.15, -0.1) is 0 Å². The zero-order valence-electron chi connectivity index (χ0n) is 15.3. The van der Waals surface area contributed by atoms with Crippen molar-refractivity contribution < 1.29 is 4.79 Å². The minimum atomic E-state index is -0.0775. The first-order valence-electron chi connectivity index (χ1n) is 8.51. The summed E-state index contributed by atoms with van der Waals surface area (Å²) >= 11 is 0. The zero-order valence-corrected chi connectivity index (χ0v) is 15.3. The van der Waals surface area contributed by atoms with Crippen LogP contribution >= 0.6 is 0 Å². The summed E-state index contributed by atoms with van der Waals surface area (Å²) in [5.41, 5.74) is 3.61. The van der Waals surface area contributed by atoms with Crippen molar-refractivity contribution in [2.24, 2.45) is 5.92 Å². The zero-order chi connectivity index (χ0) is 17.7. The van der Waals surface area contributed by atoms with Crippen LogP contribution in [0.1, 0.15) is 42.4 Å². The molecule has 0 aliphatic carbocycles. The maximum absolute atomic E-state index is 12.7. The van der Waals surface area contributed by atoms with E-state index in [1.54, 1.807) is 6.20 Å². The third kappa shape index (κ3) is 4.45. The molecule has 0 aliphatic rings. The molecule has 1 heterocycles. The SMILES string of the molecule is CCc1c(NC(=O)c2ccccc2CN(C)C)cnn1CC(C)C. The van der Waals surface area contributed by atoms with Gasteiger partial charge in [-0.1, -0.05) is 39.0 Å². The molecule has 0 atom stereocenters. The molecule has 2 aromatic rings. The lowest BCUT2D eigenvalue weighted by molar-refractivity contribution is 0.102. The van der Waals surface area contributed by atoms with Crippen LogP contribution in [-0.2, 0) is 19.5 Å². The van der Waals surface area contributed by atoms with Crippen molar-refractivity contribution in [3.8, 4) is 0 Å². The van der Waals surface area contributed by atoms with E-state index in [0.717, 1.165) is 36.5 Å². The average molecular weight is 328 g/mol. The number of nitrogens with one attached hydrogen (secondary N) is 1. The minimum absolute atomic E-state index is 0.0775. The van der Waals surface area contributed by atoms with Gasteiger partial charge in [-0.05, 0) is 38.1 Å². The molecule has 0 aliphatic heterocycles. The second-order valence-electron chi connectivity index (χ2n) is 6.78. The van der Waals surface area contributed by atoms with Crippen molar-refractivity contribution in [2.75, 3.05) is 19.4 Å². The van der Waals surface area contributed by atoms with Crippen LogP contribution in [0.3, 0.4) is 0 Å². The first-order valence-corrected chi connectivity index (χ1v) is 8.51. The van der Waals surface area contributed by atoms with E-state index in [1.165, 1.54) is 0 Å². The van der Waals surface area contributed by atoms with Crippen LogP contribution in [0.5, 0.6) is 0 Å². The van der Waals surface area contributed by atoms with Gasteiger partial charge >= 0.3 is 0 Å². The standard InChI is InChI=1S/C19H28N4O/c1-6-18-17(11-20-23(18)12-14(2)3)21-19(24)16-10-8-7-9-15(16)13-22(4)5/h7-11,14H,6,12-13H2,1-5H3,(H,21,24). The van der Waals surface area contributed by atoms with Crippen molar-refractivity contribution in [1.29, 1.82) is 0 Å². The Hall–Kier alpha value is -2.14. The van der Waals surface area contributed by atoms with E-state index in [4.69, 9.17) is 0 Å². The van der Waals surface area contributed by atoms with E-state index < -0.39 is 0 Å². The molecule has 5 heteroatoms. The fraction of sp³-hybridized carbons (Fsp3) is 0.474. The predicted octanol–water partition coefficient (Wildman–Crippen LogP) is 3.42. The summed E-state index contributed by atoms with van der Waals surface area (Å²) in [5.74, 6) is 0.436. The van der Waals surface area contributed by atoms with Gasteiger partial charge in [-0.25, -0.2) is 0 Å². The number of benzene rings is 1. The van der Waals surface area contributed by atoms with Gasteiger partial charge in [0.1, 0.15) is 0 Å². The molecule has 0 saturated carbocycles. The summed E-state index contributed by atoms with van der Waals surface area (Å²) in [6, 6.07) is 7.74. The number of nitrogens with zero attached hydrogens (tertiary/aromatic N) is 3. The Balaban J connectivity index is 2.23. The molecule has 0 fully saturated rings. The topological polar surface area (TPSA) is 50.2 Å². The van der Waals surface area contributed by atoms with E-state index in [0.29, 0.717) is 11.5 Å². The molecular weight excluding hydrogens is 300 g/mol. The molecular formula is C19H28N4O. The van der Waals surface area contributed by atoms with Gasteiger partial charge in [0.05, 0.1) is 17.6 Å². The maximum Gasteiger partial charge on any atom is 0.256 e. The quantitative estimate of drug-likeness (QED) is 0.847. The lowest BCUT2D eigenvalue weighted by Crippen LogP contribution is -2.19. The van der Waals surface area contributed by atoms with Gasteiger partial charge in [-0.2, -0.15) is 5.10 Å². The van der Waals surface area contributed by atoms with Crippen LogP contribution in [0.4, 0.5) is 5.69 Å². The predicted molar refractivity (Wildman–Crippen MR) is 98.2 cm³/mol. The Morgan fingerprint density at radius 3 is 2.62 bits per heavy atom. The van der Waals surface area contributed by atoms with Gasteiger partial charge in [-0.3, -0.25) is 9.48 Å². The molecule has 130 valence electrons. The fourth-order valence-electron chi connectivity index (χ4n) is 2.80. The molecule has 24 heavy (non-hydrogen) atoms. The third-order valence-electron chi connectivity index (χ3n) is 3.82. The molecule has 1 N–H and O–H groups in total. The second kappa shape index (κ2) is 8.11. The summed E-state index contributed by atoms with van der Waals surface area (Å²) in [7, 11) is 4.00. The number of carbonyl (C=O) groups excluding carboxylic acids is 1. The van der Waals surface area contributed by atoms with Crippen molar-refractivity contribution in [3.63, 3.8) is 0 Å². The highest BCUT2D eigenvalue weighted by molar-refractivity contribution is 6.05. The van der Waals surface area contributed by atoms with E-state index >= 15 is 0 Å². The van der Waals surface area contributed by atoms with Gasteiger partial charge in [0.15, 0.2) is 0 Å². The molecule has 0 spiro atoms. The van der Waals surface area contributed by atoms with Crippen LogP contribution < -0.4 is 5.32 Å². The summed E-state index contributed by atoms with van der Waals surface area (Å²) in [4.78, 5) is 14.8. The van der Waals surface area contributed by atoms with Crippen LogP contribution in [0, 0.1) is 5.92 Å². The lowest BCUT2D eigenvalue weighted by Gasteiger charge is -2.14. The summed E-state index contributed by atoms with van der Waals surface area (Å²) in [5, 5.41) is 7.48. The smallest absolute Gasteiger partial charge is 0.256 e. The van der Waals surface area contributed by atoms with E-state index in [1.807, 2.05) is 43.0 Å². The molecule has 5 nitrogen and oxygen atoms in total. The second-order valence-corrected chi connectivity index (χ2v) is 6.78. The van der Waals surface area contributed by atoms with Gasteiger partial charge in [0, 0.05) is 18.7 Å². The number of aromatic nitrogens is 2. The summed E-state index contributed by atoms with van der Waals surface area (Å²) in [6.45, 7) is 8.00. The molecule has 0 saturated heterocycles. The first-order chi connectivity index (χ1) is 11.4. The molecule has 0 radical (unpaired) electrons. The number of amides is 1. The molecule has 1 aromatic heterocycles. The Bertz CT molecular complexity index is 688. The van der Waals surface area contributed by atoms with Gasteiger partial charge in [0.2, 0.25) is 0 Å².